The van der Waals surface area contributed by atoms with Crippen LogP contribution in [0.5, 0.6) is 5.88 Å². The second-order valence-electron chi connectivity index (χ2n) is 5.32. The Morgan fingerprint density at radius 2 is 2.11 bits per heavy atom. The van der Waals surface area contributed by atoms with Crippen LogP contribution in [0.1, 0.15) is 27.2 Å². The van der Waals surface area contributed by atoms with E-state index in [1.54, 1.807) is 12.3 Å². The smallest absolute Gasteiger partial charge is 0.226 e. The quantitative estimate of drug-likeness (QED) is 0.782. The summed E-state index contributed by atoms with van der Waals surface area (Å²) < 4.78 is 5.52. The van der Waals surface area contributed by atoms with Crippen LogP contribution in [0.3, 0.4) is 0 Å². The first-order valence-corrected chi connectivity index (χ1v) is 6.90. The molecule has 0 amide bonds. The van der Waals surface area contributed by atoms with Gasteiger partial charge in [0.15, 0.2) is 0 Å². The molecule has 0 aromatic carbocycles. The highest BCUT2D eigenvalue weighted by Crippen LogP contribution is 2.13. The molecule has 0 fully saturated rings. The van der Waals surface area contributed by atoms with E-state index in [-0.39, 0.29) is 0 Å². The number of nitrogens with one attached hydrogen (secondary N) is 1. The molecule has 0 radical (unpaired) electrons. The third kappa shape index (κ3) is 5.87. The molecule has 0 aliphatic rings. The molecular formula is C14H26N4O. The summed E-state index contributed by atoms with van der Waals surface area (Å²) in [6.07, 6.45) is 2.70. The Morgan fingerprint density at radius 1 is 1.37 bits per heavy atom. The molecule has 0 bridgehead atoms. The van der Waals surface area contributed by atoms with Gasteiger partial charge in [0.1, 0.15) is 0 Å². The first kappa shape index (κ1) is 15.7. The van der Waals surface area contributed by atoms with E-state index in [1.165, 1.54) is 0 Å². The van der Waals surface area contributed by atoms with E-state index in [1.807, 2.05) is 0 Å². The van der Waals surface area contributed by atoms with Crippen molar-refractivity contribution < 1.29 is 4.74 Å². The van der Waals surface area contributed by atoms with Crippen LogP contribution < -0.4 is 10.1 Å². The maximum absolute atomic E-state index is 5.52. The fourth-order valence-corrected chi connectivity index (χ4v) is 1.68. The van der Waals surface area contributed by atoms with Gasteiger partial charge < -0.3 is 15.0 Å². The first-order valence-electron chi connectivity index (χ1n) is 6.90. The van der Waals surface area contributed by atoms with E-state index >= 15 is 0 Å². The summed E-state index contributed by atoms with van der Waals surface area (Å²) in [7, 11) is 4.14. The number of ether oxygens (including phenoxy) is 1. The lowest BCUT2D eigenvalue weighted by atomic mass is 10.0. The number of anilines is 1. The number of hydrogen-bond donors (Lipinski definition) is 1. The van der Waals surface area contributed by atoms with Crippen LogP contribution >= 0.6 is 0 Å². The van der Waals surface area contributed by atoms with Crippen molar-refractivity contribution in [2.24, 2.45) is 5.92 Å². The lowest BCUT2D eigenvalue weighted by Crippen LogP contribution is -2.37. The largest absolute Gasteiger partial charge is 0.478 e. The van der Waals surface area contributed by atoms with Gasteiger partial charge in [-0.15, -0.1) is 0 Å². The molecule has 1 aromatic rings. The summed E-state index contributed by atoms with van der Waals surface area (Å²) in [5.41, 5.74) is 0. The zero-order valence-corrected chi connectivity index (χ0v) is 12.7. The average molecular weight is 266 g/mol. The number of likely N-dealkylation sites (N-methyl/N-ethyl adjacent to an activating group) is 1. The van der Waals surface area contributed by atoms with E-state index < -0.39 is 0 Å². The van der Waals surface area contributed by atoms with Gasteiger partial charge in [-0.05, 0) is 26.4 Å². The van der Waals surface area contributed by atoms with Gasteiger partial charge in [-0.3, -0.25) is 0 Å². The summed E-state index contributed by atoms with van der Waals surface area (Å²) in [6.45, 7) is 8.09. The SMILES string of the molecule is CCCOc1ccnc(NC(CN(C)C)C(C)C)n1. The molecule has 0 saturated carbocycles. The van der Waals surface area contributed by atoms with E-state index in [0.29, 0.717) is 30.4 Å². The second kappa shape index (κ2) is 7.94. The fourth-order valence-electron chi connectivity index (χ4n) is 1.68. The van der Waals surface area contributed by atoms with Crippen LogP contribution in [-0.4, -0.2) is 48.2 Å². The van der Waals surface area contributed by atoms with Gasteiger partial charge in [0.25, 0.3) is 0 Å². The molecule has 1 unspecified atom stereocenters. The van der Waals surface area contributed by atoms with Gasteiger partial charge in [-0.1, -0.05) is 20.8 Å². The summed E-state index contributed by atoms with van der Waals surface area (Å²) in [5.74, 6) is 1.77. The topological polar surface area (TPSA) is 50.3 Å². The van der Waals surface area contributed by atoms with Crippen LogP contribution in [0.25, 0.3) is 0 Å². The molecule has 108 valence electrons. The molecule has 0 saturated heterocycles. The molecule has 1 rings (SSSR count). The minimum absolute atomic E-state index is 0.316. The molecule has 1 heterocycles. The van der Waals surface area contributed by atoms with Gasteiger partial charge in [0, 0.05) is 24.8 Å². The maximum Gasteiger partial charge on any atom is 0.226 e. The van der Waals surface area contributed by atoms with Gasteiger partial charge in [-0.2, -0.15) is 4.98 Å². The lowest BCUT2D eigenvalue weighted by Gasteiger charge is -2.25. The molecule has 1 atom stereocenters. The standard InChI is InChI=1S/C14H26N4O/c1-6-9-19-13-7-8-15-14(17-13)16-12(11(2)3)10-18(4)5/h7-8,11-12H,6,9-10H2,1-5H3,(H,15,16,17). The van der Waals surface area contributed by atoms with Gasteiger partial charge in [0.2, 0.25) is 11.8 Å². The van der Waals surface area contributed by atoms with Crippen molar-refractivity contribution in [1.29, 1.82) is 0 Å². The van der Waals surface area contributed by atoms with Crippen molar-refractivity contribution in [3.8, 4) is 5.88 Å². The van der Waals surface area contributed by atoms with Crippen LogP contribution in [0.4, 0.5) is 5.95 Å². The van der Waals surface area contributed by atoms with Crippen molar-refractivity contribution in [3.05, 3.63) is 12.3 Å². The molecule has 5 nitrogen and oxygen atoms in total. The van der Waals surface area contributed by atoms with Crippen LogP contribution in [-0.2, 0) is 0 Å². The first-order chi connectivity index (χ1) is 9.02. The lowest BCUT2D eigenvalue weighted by molar-refractivity contribution is 0.304. The second-order valence-corrected chi connectivity index (χ2v) is 5.32. The van der Waals surface area contributed by atoms with Gasteiger partial charge in [-0.25, -0.2) is 4.98 Å². The molecule has 5 heteroatoms. The number of rotatable bonds is 8. The zero-order chi connectivity index (χ0) is 14.3. The summed E-state index contributed by atoms with van der Waals surface area (Å²) >= 11 is 0. The summed E-state index contributed by atoms with van der Waals surface area (Å²) in [6, 6.07) is 2.10. The van der Waals surface area contributed by atoms with Crippen molar-refractivity contribution in [1.82, 2.24) is 14.9 Å². The maximum atomic E-state index is 5.52. The predicted octanol–water partition coefficient (Wildman–Crippen LogP) is 2.26. The molecular weight excluding hydrogens is 240 g/mol. The van der Waals surface area contributed by atoms with Crippen molar-refractivity contribution in [2.75, 3.05) is 32.6 Å². The molecule has 1 N–H and O–H groups in total. The third-order valence-electron chi connectivity index (χ3n) is 2.77. The zero-order valence-electron chi connectivity index (χ0n) is 12.7. The van der Waals surface area contributed by atoms with Crippen molar-refractivity contribution >= 4 is 5.95 Å². The van der Waals surface area contributed by atoms with E-state index in [9.17, 15) is 0 Å². The van der Waals surface area contributed by atoms with E-state index in [0.717, 1.165) is 13.0 Å². The van der Waals surface area contributed by atoms with Crippen molar-refractivity contribution in [2.45, 2.75) is 33.2 Å². The number of nitrogens with zero attached hydrogens (tertiary/aromatic N) is 3. The minimum atomic E-state index is 0.316. The molecule has 0 aliphatic carbocycles. The molecule has 0 spiro atoms. The Balaban J connectivity index is 2.67. The van der Waals surface area contributed by atoms with Crippen molar-refractivity contribution in [3.63, 3.8) is 0 Å². The highest BCUT2D eigenvalue weighted by Gasteiger charge is 2.15. The minimum Gasteiger partial charge on any atom is -0.478 e. The highest BCUT2D eigenvalue weighted by molar-refractivity contribution is 5.29. The Bertz CT molecular complexity index is 368. The molecule has 19 heavy (non-hydrogen) atoms. The highest BCUT2D eigenvalue weighted by atomic mass is 16.5. The third-order valence-corrected chi connectivity index (χ3v) is 2.77. The average Bonchev–Trinajstić information content (AvgIpc) is 2.35. The Hall–Kier alpha value is -1.36. The predicted molar refractivity (Wildman–Crippen MR) is 78.6 cm³/mol. The summed E-state index contributed by atoms with van der Waals surface area (Å²) in [5, 5.41) is 3.38. The van der Waals surface area contributed by atoms with Crippen LogP contribution in [0.2, 0.25) is 0 Å². The number of aromatic nitrogens is 2. The molecule has 0 aliphatic heterocycles. The van der Waals surface area contributed by atoms with Gasteiger partial charge >= 0.3 is 0 Å². The van der Waals surface area contributed by atoms with Crippen LogP contribution in [0.15, 0.2) is 12.3 Å². The monoisotopic (exact) mass is 266 g/mol. The number of hydrogen-bond acceptors (Lipinski definition) is 5. The van der Waals surface area contributed by atoms with Crippen LogP contribution in [0, 0.1) is 5.92 Å². The Kier molecular flexibility index (Phi) is 6.56. The fraction of sp³-hybridized carbons (Fsp3) is 0.714. The van der Waals surface area contributed by atoms with E-state index in [4.69, 9.17) is 4.74 Å². The Labute approximate surface area is 116 Å². The normalized spacial score (nSPS) is 12.8. The Morgan fingerprint density at radius 3 is 2.68 bits per heavy atom. The van der Waals surface area contributed by atoms with E-state index in [2.05, 4.69) is 55.1 Å². The van der Waals surface area contributed by atoms with Gasteiger partial charge in [0.05, 0.1) is 6.61 Å². The summed E-state index contributed by atoms with van der Waals surface area (Å²) in [4.78, 5) is 10.8. The molecule has 1 aromatic heterocycles.